The van der Waals surface area contributed by atoms with Gasteiger partial charge in [-0.1, -0.05) is 28.4 Å². The Bertz CT molecular complexity index is 614. The lowest BCUT2D eigenvalue weighted by molar-refractivity contribution is 0.281. The van der Waals surface area contributed by atoms with Crippen LogP contribution in [0.4, 0.5) is 0 Å². The molecule has 106 valence electrons. The molecule has 3 rings (SSSR count). The van der Waals surface area contributed by atoms with E-state index in [1.54, 1.807) is 11.8 Å². The molecule has 0 spiro atoms. The summed E-state index contributed by atoms with van der Waals surface area (Å²) in [5.41, 5.74) is 0.898. The molecular formula is C14H16BrN3OS. The minimum atomic E-state index is 0.0475. The zero-order valence-electron chi connectivity index (χ0n) is 11.0. The Labute approximate surface area is 130 Å². The van der Waals surface area contributed by atoms with Crippen molar-refractivity contribution in [3.63, 3.8) is 0 Å². The van der Waals surface area contributed by atoms with Crippen LogP contribution >= 0.6 is 27.7 Å². The second-order valence-corrected chi connectivity index (χ2v) is 6.77. The molecular weight excluding hydrogens is 338 g/mol. The molecule has 0 aliphatic carbocycles. The molecule has 0 amide bonds. The number of aliphatic hydroxyl groups is 1. The van der Waals surface area contributed by atoms with Crippen molar-refractivity contribution in [3.8, 4) is 0 Å². The number of halogens is 1. The van der Waals surface area contributed by atoms with Crippen LogP contribution in [0.25, 0.3) is 0 Å². The van der Waals surface area contributed by atoms with Gasteiger partial charge in [0.15, 0.2) is 5.16 Å². The van der Waals surface area contributed by atoms with Crippen molar-refractivity contribution in [1.82, 2.24) is 14.8 Å². The van der Waals surface area contributed by atoms with E-state index in [0.717, 1.165) is 38.9 Å². The van der Waals surface area contributed by atoms with Gasteiger partial charge in [-0.15, -0.1) is 10.2 Å². The zero-order valence-corrected chi connectivity index (χ0v) is 13.5. The molecule has 4 nitrogen and oxygen atoms in total. The van der Waals surface area contributed by atoms with Gasteiger partial charge in [-0.3, -0.25) is 0 Å². The van der Waals surface area contributed by atoms with E-state index in [1.807, 2.05) is 18.2 Å². The lowest BCUT2D eigenvalue weighted by atomic mass is 10.2. The van der Waals surface area contributed by atoms with Crippen molar-refractivity contribution >= 4 is 27.7 Å². The van der Waals surface area contributed by atoms with Crippen LogP contribution in [0.2, 0.25) is 0 Å². The summed E-state index contributed by atoms with van der Waals surface area (Å²) in [5, 5.41) is 18.8. The van der Waals surface area contributed by atoms with Crippen LogP contribution in [0.1, 0.15) is 30.7 Å². The van der Waals surface area contributed by atoms with Gasteiger partial charge in [0.2, 0.25) is 0 Å². The van der Waals surface area contributed by atoms with Crippen molar-refractivity contribution < 1.29 is 5.11 Å². The molecule has 0 unspecified atom stereocenters. The van der Waals surface area contributed by atoms with Crippen LogP contribution < -0.4 is 0 Å². The molecule has 1 aromatic heterocycles. The molecule has 0 bridgehead atoms. The van der Waals surface area contributed by atoms with Gasteiger partial charge < -0.3 is 9.67 Å². The molecule has 2 aromatic rings. The maximum Gasteiger partial charge on any atom is 0.196 e. The second kappa shape index (κ2) is 6.28. The number of nitrogens with zero attached hydrogens (tertiary/aromatic N) is 3. The third-order valence-corrected chi connectivity index (χ3v) is 5.19. The molecule has 0 saturated heterocycles. The van der Waals surface area contributed by atoms with Crippen molar-refractivity contribution in [2.45, 2.75) is 48.9 Å². The normalized spacial score (nSPS) is 14.9. The van der Waals surface area contributed by atoms with E-state index in [1.165, 1.54) is 19.3 Å². The smallest absolute Gasteiger partial charge is 0.196 e. The number of rotatable bonds is 3. The summed E-state index contributed by atoms with van der Waals surface area (Å²) in [4.78, 5) is 1.11. The average molecular weight is 354 g/mol. The largest absolute Gasteiger partial charge is 0.392 e. The van der Waals surface area contributed by atoms with E-state index in [4.69, 9.17) is 0 Å². The lowest BCUT2D eigenvalue weighted by Gasteiger charge is -2.07. The Balaban J connectivity index is 1.84. The van der Waals surface area contributed by atoms with E-state index in [0.29, 0.717) is 0 Å². The van der Waals surface area contributed by atoms with Gasteiger partial charge in [0.1, 0.15) is 5.82 Å². The fraction of sp³-hybridized carbons (Fsp3) is 0.429. The van der Waals surface area contributed by atoms with Crippen molar-refractivity contribution in [2.24, 2.45) is 0 Å². The van der Waals surface area contributed by atoms with E-state index in [-0.39, 0.29) is 6.61 Å². The third-order valence-electron chi connectivity index (χ3n) is 3.48. The number of aliphatic hydroxyl groups excluding tert-OH is 1. The van der Waals surface area contributed by atoms with Crippen LogP contribution in [0.3, 0.4) is 0 Å². The van der Waals surface area contributed by atoms with Gasteiger partial charge in [0.05, 0.1) is 6.61 Å². The molecule has 1 N–H and O–H groups in total. The van der Waals surface area contributed by atoms with Gasteiger partial charge in [0, 0.05) is 22.3 Å². The summed E-state index contributed by atoms with van der Waals surface area (Å²) < 4.78 is 3.17. The number of aryl methyl sites for hydroxylation is 1. The summed E-state index contributed by atoms with van der Waals surface area (Å²) in [6.07, 6.45) is 4.70. The Kier molecular flexibility index (Phi) is 4.43. The number of benzene rings is 1. The summed E-state index contributed by atoms with van der Waals surface area (Å²) in [5.74, 6) is 1.11. The number of hydrogen-bond acceptors (Lipinski definition) is 4. The average Bonchev–Trinajstić information content (AvgIpc) is 2.68. The first-order valence-electron chi connectivity index (χ1n) is 6.77. The van der Waals surface area contributed by atoms with Crippen LogP contribution in [0.5, 0.6) is 0 Å². The minimum Gasteiger partial charge on any atom is -0.392 e. The Hall–Kier alpha value is -0.850. The maximum absolute atomic E-state index is 9.19. The molecule has 1 aliphatic rings. The topological polar surface area (TPSA) is 50.9 Å². The SMILES string of the molecule is OCc1ccc(Sc2nnc3n2CCCCC3)cc1Br. The molecule has 1 aromatic carbocycles. The molecule has 1 aliphatic heterocycles. The predicted molar refractivity (Wildman–Crippen MR) is 81.8 cm³/mol. The fourth-order valence-corrected chi connectivity index (χ4v) is 3.93. The van der Waals surface area contributed by atoms with Crippen molar-refractivity contribution in [3.05, 3.63) is 34.1 Å². The van der Waals surface area contributed by atoms with E-state index < -0.39 is 0 Å². The highest BCUT2D eigenvalue weighted by atomic mass is 79.9. The highest BCUT2D eigenvalue weighted by molar-refractivity contribution is 9.10. The van der Waals surface area contributed by atoms with Crippen LogP contribution in [-0.2, 0) is 19.6 Å². The summed E-state index contributed by atoms with van der Waals surface area (Å²) >= 11 is 5.11. The van der Waals surface area contributed by atoms with Crippen LogP contribution in [-0.4, -0.2) is 19.9 Å². The highest BCUT2D eigenvalue weighted by Gasteiger charge is 2.15. The quantitative estimate of drug-likeness (QED) is 0.918. The van der Waals surface area contributed by atoms with Crippen LogP contribution in [0, 0.1) is 0 Å². The fourth-order valence-electron chi connectivity index (χ4n) is 2.36. The monoisotopic (exact) mass is 353 g/mol. The van der Waals surface area contributed by atoms with E-state index in [9.17, 15) is 5.11 Å². The Morgan fingerprint density at radius 2 is 2.15 bits per heavy atom. The minimum absolute atomic E-state index is 0.0475. The molecule has 0 radical (unpaired) electrons. The third kappa shape index (κ3) is 2.92. The standard InChI is InChI=1S/C14H16BrN3OS/c15-12-8-11(6-5-10(12)9-19)20-14-17-16-13-4-2-1-3-7-18(13)14/h5-6,8,19H,1-4,7,9H2. The Morgan fingerprint density at radius 1 is 1.25 bits per heavy atom. The lowest BCUT2D eigenvalue weighted by Crippen LogP contribution is -2.02. The zero-order chi connectivity index (χ0) is 13.9. The van der Waals surface area contributed by atoms with Crippen LogP contribution in [0.15, 0.2) is 32.7 Å². The first kappa shape index (κ1) is 14.1. The van der Waals surface area contributed by atoms with Gasteiger partial charge >= 0.3 is 0 Å². The molecule has 6 heteroatoms. The van der Waals surface area contributed by atoms with E-state index in [2.05, 4.69) is 30.7 Å². The first-order chi connectivity index (χ1) is 9.78. The van der Waals surface area contributed by atoms with Crippen molar-refractivity contribution in [2.75, 3.05) is 0 Å². The summed E-state index contributed by atoms with van der Waals surface area (Å²) in [6.45, 7) is 1.06. The van der Waals surface area contributed by atoms with E-state index >= 15 is 0 Å². The molecule has 20 heavy (non-hydrogen) atoms. The molecule has 0 fully saturated rings. The van der Waals surface area contributed by atoms with Crippen molar-refractivity contribution in [1.29, 1.82) is 0 Å². The van der Waals surface area contributed by atoms with Gasteiger partial charge in [-0.2, -0.15) is 0 Å². The summed E-state index contributed by atoms with van der Waals surface area (Å²) in [7, 11) is 0. The number of hydrogen-bond donors (Lipinski definition) is 1. The van der Waals surface area contributed by atoms with Gasteiger partial charge in [0.25, 0.3) is 0 Å². The molecule has 2 heterocycles. The maximum atomic E-state index is 9.19. The van der Waals surface area contributed by atoms with Gasteiger partial charge in [-0.25, -0.2) is 0 Å². The van der Waals surface area contributed by atoms with Gasteiger partial charge in [-0.05, 0) is 42.3 Å². The molecule has 0 atom stereocenters. The highest BCUT2D eigenvalue weighted by Crippen LogP contribution is 2.31. The first-order valence-corrected chi connectivity index (χ1v) is 8.38. The summed E-state index contributed by atoms with van der Waals surface area (Å²) in [6, 6.07) is 5.97. The number of fused-ring (bicyclic) bond motifs is 1. The molecule has 0 saturated carbocycles. The Morgan fingerprint density at radius 3 is 2.95 bits per heavy atom. The number of aromatic nitrogens is 3. The predicted octanol–water partition coefficient (Wildman–Crippen LogP) is 3.41. The second-order valence-electron chi connectivity index (χ2n) is 4.87.